The number of hydrogen-bond acceptors (Lipinski definition) is 2. The van der Waals surface area contributed by atoms with Crippen LogP contribution in [0.5, 0.6) is 0 Å². The Balaban J connectivity index is 1.72. The third kappa shape index (κ3) is 2.12. The van der Waals surface area contributed by atoms with Crippen molar-refractivity contribution in [2.45, 2.75) is 12.8 Å². The van der Waals surface area contributed by atoms with Crippen LogP contribution in [-0.2, 0) is 9.53 Å². The highest BCUT2D eigenvalue weighted by molar-refractivity contribution is 6.63. The molecule has 2 bridgehead atoms. The van der Waals surface area contributed by atoms with Gasteiger partial charge in [-0.2, -0.15) is 0 Å². The second-order valence-corrected chi connectivity index (χ2v) is 4.33. The van der Waals surface area contributed by atoms with Gasteiger partial charge in [-0.1, -0.05) is 12.2 Å². The number of halogens is 1. The predicted octanol–water partition coefficient (Wildman–Crippen LogP) is 1.98. The first-order chi connectivity index (χ1) is 6.25. The summed E-state index contributed by atoms with van der Waals surface area (Å²) in [5.74, 6) is 2.08. The molecule has 0 heterocycles. The Morgan fingerprint density at radius 1 is 1.46 bits per heavy atom. The van der Waals surface area contributed by atoms with Crippen LogP contribution in [0.25, 0.3) is 0 Å². The van der Waals surface area contributed by atoms with E-state index in [1.54, 1.807) is 0 Å². The summed E-state index contributed by atoms with van der Waals surface area (Å²) < 4.78 is 5.22. The van der Waals surface area contributed by atoms with Gasteiger partial charge in [0.1, 0.15) is 6.61 Å². The second kappa shape index (κ2) is 3.81. The Bertz CT molecular complexity index is 237. The lowest BCUT2D eigenvalue weighted by molar-refractivity contribution is -0.116. The molecular weight excluding hydrogens is 188 g/mol. The van der Waals surface area contributed by atoms with Gasteiger partial charge >= 0.3 is 0 Å². The van der Waals surface area contributed by atoms with Crippen molar-refractivity contribution in [3.05, 3.63) is 12.2 Å². The van der Waals surface area contributed by atoms with E-state index in [1.807, 2.05) is 0 Å². The van der Waals surface area contributed by atoms with E-state index >= 15 is 0 Å². The largest absolute Gasteiger partial charge is 0.372 e. The average Bonchev–Trinajstić information content (AvgIpc) is 2.64. The summed E-state index contributed by atoms with van der Waals surface area (Å²) in [4.78, 5) is 10.4. The van der Waals surface area contributed by atoms with E-state index in [0.29, 0.717) is 18.4 Å². The average molecular weight is 201 g/mol. The summed E-state index contributed by atoms with van der Waals surface area (Å²) in [6, 6.07) is 0. The van der Waals surface area contributed by atoms with E-state index in [2.05, 4.69) is 12.2 Å². The van der Waals surface area contributed by atoms with Crippen molar-refractivity contribution in [1.82, 2.24) is 0 Å². The third-order valence-corrected chi connectivity index (χ3v) is 3.07. The van der Waals surface area contributed by atoms with E-state index in [9.17, 15) is 4.79 Å². The topological polar surface area (TPSA) is 26.3 Å². The number of carbonyl (C=O) groups excluding carboxylic acids is 1. The molecule has 2 aliphatic rings. The Hall–Kier alpha value is -0.340. The van der Waals surface area contributed by atoms with Crippen molar-refractivity contribution in [1.29, 1.82) is 0 Å². The molecule has 3 heteroatoms. The molecule has 0 N–H and O–H groups in total. The lowest BCUT2D eigenvalue weighted by Gasteiger charge is -2.16. The minimum Gasteiger partial charge on any atom is -0.372 e. The van der Waals surface area contributed by atoms with Gasteiger partial charge in [-0.3, -0.25) is 4.79 Å². The molecule has 3 atom stereocenters. The first-order valence-electron chi connectivity index (χ1n) is 4.70. The first-order valence-corrected chi connectivity index (χ1v) is 5.08. The van der Waals surface area contributed by atoms with Gasteiger partial charge in [0.2, 0.25) is 5.24 Å². The third-order valence-electron chi connectivity index (χ3n) is 2.96. The molecule has 72 valence electrons. The van der Waals surface area contributed by atoms with Gasteiger partial charge in [-0.15, -0.1) is 0 Å². The van der Waals surface area contributed by atoms with Crippen molar-refractivity contribution >= 4 is 16.8 Å². The first kappa shape index (κ1) is 9.22. The standard InChI is InChI=1S/C10H13ClO2/c11-10(12)6-13-5-9-4-7-1-2-8(9)3-7/h1-2,7-9H,3-6H2. The molecule has 3 unspecified atom stereocenters. The van der Waals surface area contributed by atoms with Crippen LogP contribution in [0.4, 0.5) is 0 Å². The molecule has 13 heavy (non-hydrogen) atoms. The zero-order valence-electron chi connectivity index (χ0n) is 7.41. The quantitative estimate of drug-likeness (QED) is 0.513. The zero-order chi connectivity index (χ0) is 9.26. The highest BCUT2D eigenvalue weighted by atomic mass is 35.5. The normalized spacial score (nSPS) is 35.6. The molecule has 0 aromatic carbocycles. The molecule has 0 radical (unpaired) electrons. The minimum atomic E-state index is -0.404. The summed E-state index contributed by atoms with van der Waals surface area (Å²) in [5.41, 5.74) is 0. The number of carbonyl (C=O) groups is 1. The van der Waals surface area contributed by atoms with Crippen molar-refractivity contribution in [2.24, 2.45) is 17.8 Å². The van der Waals surface area contributed by atoms with E-state index in [4.69, 9.17) is 16.3 Å². The fourth-order valence-corrected chi connectivity index (χ4v) is 2.45. The van der Waals surface area contributed by atoms with Crippen LogP contribution in [0.2, 0.25) is 0 Å². The molecule has 2 nitrogen and oxygen atoms in total. The lowest BCUT2D eigenvalue weighted by atomic mass is 9.95. The van der Waals surface area contributed by atoms with Crippen LogP contribution < -0.4 is 0 Å². The highest BCUT2D eigenvalue weighted by Crippen LogP contribution is 2.43. The Morgan fingerprint density at radius 2 is 2.31 bits per heavy atom. The Kier molecular flexibility index (Phi) is 2.70. The van der Waals surface area contributed by atoms with Crippen LogP contribution in [0, 0.1) is 17.8 Å². The summed E-state index contributed by atoms with van der Waals surface area (Å²) in [6.07, 6.45) is 7.08. The smallest absolute Gasteiger partial charge is 0.247 e. The van der Waals surface area contributed by atoms with Crippen molar-refractivity contribution in [3.63, 3.8) is 0 Å². The maximum Gasteiger partial charge on any atom is 0.247 e. The second-order valence-electron chi connectivity index (χ2n) is 3.91. The minimum absolute atomic E-state index is 0.0547. The van der Waals surface area contributed by atoms with Crippen LogP contribution in [0.15, 0.2) is 12.2 Å². The van der Waals surface area contributed by atoms with Gasteiger partial charge in [-0.25, -0.2) is 0 Å². The molecule has 2 rings (SSSR count). The number of ether oxygens (including phenoxy) is 1. The number of hydrogen-bond donors (Lipinski definition) is 0. The summed E-state index contributed by atoms with van der Waals surface area (Å²) in [5, 5.41) is -0.404. The maximum absolute atomic E-state index is 10.4. The van der Waals surface area contributed by atoms with Crippen molar-refractivity contribution in [2.75, 3.05) is 13.2 Å². The molecule has 1 saturated carbocycles. The van der Waals surface area contributed by atoms with Gasteiger partial charge in [0, 0.05) is 0 Å². The van der Waals surface area contributed by atoms with Crippen molar-refractivity contribution < 1.29 is 9.53 Å². The highest BCUT2D eigenvalue weighted by Gasteiger charge is 2.35. The van der Waals surface area contributed by atoms with Gasteiger partial charge in [0.15, 0.2) is 0 Å². The van der Waals surface area contributed by atoms with E-state index in [-0.39, 0.29) is 6.61 Å². The van der Waals surface area contributed by atoms with Gasteiger partial charge in [0.25, 0.3) is 0 Å². The van der Waals surface area contributed by atoms with E-state index in [0.717, 1.165) is 5.92 Å². The SMILES string of the molecule is O=C(Cl)COCC1CC2C=CC1C2. The molecule has 0 saturated heterocycles. The summed E-state index contributed by atoms with van der Waals surface area (Å²) in [7, 11) is 0. The van der Waals surface area contributed by atoms with Crippen molar-refractivity contribution in [3.8, 4) is 0 Å². The monoisotopic (exact) mass is 200 g/mol. The molecule has 0 amide bonds. The van der Waals surface area contributed by atoms with Crippen LogP contribution >= 0.6 is 11.6 Å². The molecule has 1 fully saturated rings. The number of fused-ring (bicyclic) bond motifs is 2. The summed E-state index contributed by atoms with van der Waals surface area (Å²) >= 11 is 5.16. The Labute approximate surface area is 82.9 Å². The number of rotatable bonds is 4. The van der Waals surface area contributed by atoms with Gasteiger partial charge < -0.3 is 4.74 Å². The predicted molar refractivity (Wildman–Crippen MR) is 50.5 cm³/mol. The fraction of sp³-hybridized carbons (Fsp3) is 0.700. The molecule has 0 aliphatic heterocycles. The molecule has 0 aromatic rings. The maximum atomic E-state index is 10.4. The molecule has 2 aliphatic carbocycles. The lowest BCUT2D eigenvalue weighted by Crippen LogP contribution is -2.16. The van der Waals surface area contributed by atoms with Crippen LogP contribution in [-0.4, -0.2) is 18.5 Å². The van der Waals surface area contributed by atoms with E-state index in [1.165, 1.54) is 12.8 Å². The molecule has 0 spiro atoms. The van der Waals surface area contributed by atoms with E-state index < -0.39 is 5.24 Å². The fourth-order valence-electron chi connectivity index (χ4n) is 2.38. The molecule has 0 aromatic heterocycles. The summed E-state index contributed by atoms with van der Waals surface area (Å²) in [6.45, 7) is 0.739. The molecular formula is C10H13ClO2. The Morgan fingerprint density at radius 3 is 2.85 bits per heavy atom. The van der Waals surface area contributed by atoms with Crippen LogP contribution in [0.1, 0.15) is 12.8 Å². The van der Waals surface area contributed by atoms with Gasteiger partial charge in [0.05, 0.1) is 6.61 Å². The zero-order valence-corrected chi connectivity index (χ0v) is 8.17. The number of allylic oxidation sites excluding steroid dienone is 2. The van der Waals surface area contributed by atoms with Gasteiger partial charge in [-0.05, 0) is 42.2 Å². The van der Waals surface area contributed by atoms with Crippen LogP contribution in [0.3, 0.4) is 0 Å².